The van der Waals surface area contributed by atoms with Crippen LogP contribution in [0.25, 0.3) is 0 Å². The van der Waals surface area contributed by atoms with Gasteiger partial charge in [0, 0.05) is 25.5 Å². The van der Waals surface area contributed by atoms with E-state index in [0.717, 1.165) is 36.2 Å². The molecule has 2 aliphatic carbocycles. The van der Waals surface area contributed by atoms with Gasteiger partial charge < -0.3 is 9.80 Å². The Hall–Kier alpha value is -0.593. The molecule has 4 atom stereocenters. The zero-order valence-corrected chi connectivity index (χ0v) is 28.0. The Bertz CT molecular complexity index is 1020. The molecule has 37 heavy (non-hydrogen) atoms. The van der Waals surface area contributed by atoms with Crippen LogP contribution in [-0.2, 0) is 35.2 Å². The van der Waals surface area contributed by atoms with Gasteiger partial charge in [0.05, 0.1) is 0 Å². The average Bonchev–Trinajstić information content (AvgIpc) is 3.23. The molecule has 3 nitrogen and oxygen atoms in total. The van der Waals surface area contributed by atoms with Crippen LogP contribution in [0.2, 0.25) is 0 Å². The van der Waals surface area contributed by atoms with E-state index in [-0.39, 0.29) is 41.3 Å². The molecule has 6 heteroatoms. The first-order valence-electron chi connectivity index (χ1n) is 13.3. The van der Waals surface area contributed by atoms with Crippen LogP contribution >= 0.6 is 9.69 Å². The molecule has 209 valence electrons. The third kappa shape index (κ3) is 8.96. The normalized spacial score (nSPS) is 26.7. The van der Waals surface area contributed by atoms with Gasteiger partial charge in [-0.25, -0.2) is 0 Å². The molecule has 0 radical (unpaired) electrons. The summed E-state index contributed by atoms with van der Waals surface area (Å²) < 4.78 is 7.66. The molecule has 1 aromatic rings. The molecule has 4 rings (SSSR count). The van der Waals surface area contributed by atoms with Crippen molar-refractivity contribution in [3.63, 3.8) is 0 Å². The van der Waals surface area contributed by atoms with Gasteiger partial charge in [-0.05, 0) is 75.7 Å². The Morgan fingerprint density at radius 3 is 2.43 bits per heavy atom. The molecule has 1 aromatic carbocycles. The van der Waals surface area contributed by atoms with Crippen LogP contribution in [-0.4, -0.2) is 39.6 Å². The first-order valence-corrected chi connectivity index (χ1v) is 16.6. The fraction of sp³-hybridized carbons (Fsp3) is 0.548. The monoisotopic (exact) mass is 700 g/mol. The zero-order chi connectivity index (χ0) is 26.4. The zero-order valence-electron chi connectivity index (χ0n) is 23.7. The van der Waals surface area contributed by atoms with E-state index in [0.29, 0.717) is 12.0 Å². The smallest absolute Gasteiger partial charge is 0.00713 e. The molecule has 0 aromatic heterocycles. The fourth-order valence-corrected chi connectivity index (χ4v) is 7.34. The number of ether oxygens (including phenoxy) is 1. The van der Waals surface area contributed by atoms with Crippen molar-refractivity contribution >= 4 is 14.3 Å². The molecule has 1 unspecified atom stereocenters. The first kappa shape index (κ1) is 32.6. The summed E-state index contributed by atoms with van der Waals surface area (Å²) in [6, 6.07) is 8.55. The number of nitrogens with zero attached hydrogens (tertiary/aromatic N) is 2. The van der Waals surface area contributed by atoms with Crippen LogP contribution < -0.4 is 4.74 Å². The van der Waals surface area contributed by atoms with Crippen molar-refractivity contribution in [3.8, 4) is 5.75 Å². The summed E-state index contributed by atoms with van der Waals surface area (Å²) in [5.74, 6) is 3.03. The Kier molecular flexibility index (Phi) is 13.5. The molecule has 0 amide bonds. The van der Waals surface area contributed by atoms with Gasteiger partial charge in [0.25, 0.3) is 0 Å². The van der Waals surface area contributed by atoms with Crippen molar-refractivity contribution in [1.82, 2.24) is 9.80 Å². The van der Waals surface area contributed by atoms with Crippen molar-refractivity contribution in [3.05, 3.63) is 71.1 Å². The van der Waals surface area contributed by atoms with E-state index in [4.69, 9.17) is 14.4 Å². The second-order valence-corrected chi connectivity index (χ2v) is 12.9. The molecule has 1 heterocycles. The molecule has 0 saturated carbocycles. The second kappa shape index (κ2) is 15.3. The number of allylic oxidation sites excluding steroid dienone is 5. The standard InChI is InChI=1S/C21H33N2.C10H12O.ClH.2Ru/c1-14-9-16(3)20(17(4)10-14)22-7-8-23(13-22)21-18(5)11-15(2)12-19(21)6;1-8(2)11-10-7-5-4-6-9(10)3;;;/h9,11,13-14,17,19-20H,7-8,10,12H2,1-6H3;3-8H,1-2H3;1H;;/q-1;;;;+1/p-1/t14?,17-,19+,20+;;;;/m1..../s1. The minimum absolute atomic E-state index is 0. The van der Waals surface area contributed by atoms with Crippen LogP contribution in [0.3, 0.4) is 0 Å². The summed E-state index contributed by atoms with van der Waals surface area (Å²) in [4.78, 5) is 5.13. The van der Waals surface area contributed by atoms with Gasteiger partial charge in [-0.1, -0.05) is 44.1 Å². The predicted octanol–water partition coefficient (Wildman–Crippen LogP) is 7.83. The number of rotatable bonds is 5. The van der Waals surface area contributed by atoms with E-state index in [1.165, 1.54) is 29.7 Å². The van der Waals surface area contributed by atoms with E-state index in [9.17, 15) is 0 Å². The summed E-state index contributed by atoms with van der Waals surface area (Å²) in [5.41, 5.74) is 7.17. The van der Waals surface area contributed by atoms with E-state index in [2.05, 4.69) is 70.2 Å². The average molecular weight is 699 g/mol. The van der Waals surface area contributed by atoms with E-state index >= 15 is 0 Å². The van der Waals surface area contributed by atoms with Gasteiger partial charge in [0.1, 0.15) is 0 Å². The van der Waals surface area contributed by atoms with Crippen molar-refractivity contribution in [1.29, 1.82) is 0 Å². The minimum Gasteiger partial charge on any atom is -0.511 e. The molecular formula is C31H45ClN2ORu2-. The predicted molar refractivity (Wildman–Crippen MR) is 152 cm³/mol. The van der Waals surface area contributed by atoms with Crippen molar-refractivity contribution < 1.29 is 39.9 Å². The van der Waals surface area contributed by atoms with Gasteiger partial charge >= 0.3 is 90.3 Å². The van der Waals surface area contributed by atoms with Crippen LogP contribution in [0.4, 0.5) is 0 Å². The number of para-hydroxylation sites is 1. The molecule has 1 saturated heterocycles. The van der Waals surface area contributed by atoms with Gasteiger partial charge in [-0.15, -0.1) is 0 Å². The van der Waals surface area contributed by atoms with Crippen LogP contribution in [0.1, 0.15) is 73.8 Å². The summed E-state index contributed by atoms with van der Waals surface area (Å²) >= 11 is -0.191. The second-order valence-electron chi connectivity index (χ2n) is 11.1. The number of hydrogen-bond donors (Lipinski definition) is 0. The third-order valence-corrected chi connectivity index (χ3v) is 8.43. The first-order chi connectivity index (χ1) is 17.1. The van der Waals surface area contributed by atoms with E-state index in [1.54, 1.807) is 5.57 Å². The third-order valence-electron chi connectivity index (χ3n) is 7.24. The molecule has 0 bridgehead atoms. The Morgan fingerprint density at radius 2 is 1.81 bits per heavy atom. The maximum absolute atomic E-state index is 5.72. The number of halogens is 1. The van der Waals surface area contributed by atoms with Gasteiger partial charge in [0.15, 0.2) is 0 Å². The molecule has 3 aliphatic rings. The van der Waals surface area contributed by atoms with Crippen molar-refractivity contribution in [2.45, 2.75) is 80.4 Å². The maximum atomic E-state index is 5.72. The molecule has 0 N–H and O–H groups in total. The van der Waals surface area contributed by atoms with Crippen LogP contribution in [0, 0.1) is 24.4 Å². The minimum atomic E-state index is -0.191. The summed E-state index contributed by atoms with van der Waals surface area (Å²) in [6.45, 7) is 22.8. The maximum Gasteiger partial charge on any atom is 0.00713 e. The molecular weight excluding hydrogens is 654 g/mol. The summed E-state index contributed by atoms with van der Waals surface area (Å²) in [6.07, 6.45) is 7.59. The van der Waals surface area contributed by atoms with Crippen molar-refractivity contribution in [2.24, 2.45) is 17.8 Å². The van der Waals surface area contributed by atoms with Crippen LogP contribution in [0.15, 0.2) is 58.8 Å². The SMILES string of the molecule is CC(C)Oc1ccccc1[CH]=[Ru][Cl].CC1=CC(C)=C(N2[CH-]N([C@H]3C(C)=CC(C)C[C@H]3C)CC2)[C@@H](C)C1.[Ru]. The largest absolute Gasteiger partial charge is 0.511 e. The Morgan fingerprint density at radius 1 is 1.11 bits per heavy atom. The summed E-state index contributed by atoms with van der Waals surface area (Å²) in [7, 11) is 5.72. The quantitative estimate of drug-likeness (QED) is 0.177. The van der Waals surface area contributed by atoms with Gasteiger partial charge in [-0.2, -0.15) is 6.67 Å². The number of benzene rings is 1. The topological polar surface area (TPSA) is 15.7 Å². The van der Waals surface area contributed by atoms with Gasteiger partial charge in [-0.3, -0.25) is 0 Å². The van der Waals surface area contributed by atoms with Crippen molar-refractivity contribution in [2.75, 3.05) is 13.1 Å². The van der Waals surface area contributed by atoms with Crippen LogP contribution in [0.5, 0.6) is 5.75 Å². The van der Waals surface area contributed by atoms with Gasteiger partial charge in [0.2, 0.25) is 0 Å². The Balaban J connectivity index is 0.000000295. The summed E-state index contributed by atoms with van der Waals surface area (Å²) in [5, 5.41) is 0. The molecule has 1 aliphatic heterocycles. The van der Waals surface area contributed by atoms with E-state index in [1.807, 2.05) is 42.7 Å². The number of hydrogen-bond acceptors (Lipinski definition) is 3. The molecule has 0 spiro atoms. The Labute approximate surface area is 250 Å². The van der Waals surface area contributed by atoms with E-state index < -0.39 is 0 Å². The molecule has 1 fully saturated rings. The fourth-order valence-electron chi connectivity index (χ4n) is 6.23.